The first kappa shape index (κ1) is 15.9. The molecule has 1 aliphatic rings. The van der Waals surface area contributed by atoms with Gasteiger partial charge in [0.2, 0.25) is 0 Å². The second-order valence-electron chi connectivity index (χ2n) is 6.41. The van der Waals surface area contributed by atoms with E-state index in [4.69, 9.17) is 4.74 Å². The van der Waals surface area contributed by atoms with E-state index in [9.17, 15) is 0 Å². The summed E-state index contributed by atoms with van der Waals surface area (Å²) >= 11 is 0. The van der Waals surface area contributed by atoms with Gasteiger partial charge in [-0.25, -0.2) is 4.98 Å². The van der Waals surface area contributed by atoms with Crippen molar-refractivity contribution in [2.75, 3.05) is 44.7 Å². The predicted molar refractivity (Wildman–Crippen MR) is 100 cm³/mol. The van der Waals surface area contributed by atoms with E-state index in [0.717, 1.165) is 59.9 Å². The van der Waals surface area contributed by atoms with Gasteiger partial charge in [-0.05, 0) is 44.3 Å². The molecule has 3 heterocycles. The maximum atomic E-state index is 5.64. The standard InChI is InChI=1S/C19H23N5O/c1-3-25-15-4-5-17-16(13-15)19(22-21-17)14-6-7-20-18(12-14)24-10-8-23(2)9-11-24/h4-7,12-13H,3,8-11H2,1-2H3,(H,21,22). The Balaban J connectivity index is 1.69. The van der Waals surface area contributed by atoms with Crippen LogP contribution in [0.3, 0.4) is 0 Å². The lowest BCUT2D eigenvalue weighted by Gasteiger charge is -2.33. The fourth-order valence-corrected chi connectivity index (χ4v) is 3.24. The van der Waals surface area contributed by atoms with E-state index in [-0.39, 0.29) is 0 Å². The number of nitrogens with zero attached hydrogens (tertiary/aromatic N) is 4. The Bertz CT molecular complexity index is 867. The normalized spacial score (nSPS) is 15.7. The Kier molecular flexibility index (Phi) is 4.28. The zero-order chi connectivity index (χ0) is 17.2. The van der Waals surface area contributed by atoms with Gasteiger partial charge in [0.1, 0.15) is 17.3 Å². The van der Waals surface area contributed by atoms with Crippen molar-refractivity contribution in [2.24, 2.45) is 0 Å². The summed E-state index contributed by atoms with van der Waals surface area (Å²) in [5, 5.41) is 8.72. The third-order valence-corrected chi connectivity index (χ3v) is 4.69. The number of hydrogen-bond acceptors (Lipinski definition) is 5. The van der Waals surface area contributed by atoms with E-state index < -0.39 is 0 Å². The van der Waals surface area contributed by atoms with E-state index in [1.54, 1.807) is 0 Å². The van der Waals surface area contributed by atoms with Gasteiger partial charge in [-0.3, -0.25) is 5.10 Å². The van der Waals surface area contributed by atoms with Crippen LogP contribution in [0.5, 0.6) is 5.75 Å². The molecule has 3 aromatic rings. The molecule has 1 saturated heterocycles. The van der Waals surface area contributed by atoms with Crippen LogP contribution in [0.2, 0.25) is 0 Å². The molecule has 1 N–H and O–H groups in total. The number of fused-ring (bicyclic) bond motifs is 1. The van der Waals surface area contributed by atoms with E-state index in [2.05, 4.69) is 38.1 Å². The highest BCUT2D eigenvalue weighted by molar-refractivity contribution is 5.94. The molecule has 0 atom stereocenters. The van der Waals surface area contributed by atoms with Crippen molar-refractivity contribution in [3.63, 3.8) is 0 Å². The van der Waals surface area contributed by atoms with Crippen molar-refractivity contribution in [2.45, 2.75) is 6.92 Å². The highest BCUT2D eigenvalue weighted by Crippen LogP contribution is 2.30. The van der Waals surface area contributed by atoms with Crippen molar-refractivity contribution in [3.05, 3.63) is 36.5 Å². The van der Waals surface area contributed by atoms with Crippen LogP contribution >= 0.6 is 0 Å². The molecule has 0 saturated carbocycles. The molecule has 0 radical (unpaired) electrons. The molecular weight excluding hydrogens is 314 g/mol. The lowest BCUT2D eigenvalue weighted by atomic mass is 10.1. The molecule has 0 bridgehead atoms. The average Bonchev–Trinajstić information content (AvgIpc) is 3.06. The SMILES string of the molecule is CCOc1ccc2[nH]nc(-c3ccnc(N4CCN(C)CC4)c3)c2c1. The maximum absolute atomic E-state index is 5.64. The summed E-state index contributed by atoms with van der Waals surface area (Å²) in [5.41, 5.74) is 3.02. The lowest BCUT2D eigenvalue weighted by Crippen LogP contribution is -2.44. The van der Waals surface area contributed by atoms with Gasteiger partial charge < -0.3 is 14.5 Å². The summed E-state index contributed by atoms with van der Waals surface area (Å²) in [6, 6.07) is 10.2. The van der Waals surface area contributed by atoms with Crippen molar-refractivity contribution >= 4 is 16.7 Å². The molecule has 1 aliphatic heterocycles. The number of H-pyrrole nitrogens is 1. The first-order chi connectivity index (χ1) is 12.2. The second-order valence-corrected chi connectivity index (χ2v) is 6.41. The molecule has 6 heteroatoms. The zero-order valence-corrected chi connectivity index (χ0v) is 14.7. The van der Waals surface area contributed by atoms with Crippen LogP contribution < -0.4 is 9.64 Å². The highest BCUT2D eigenvalue weighted by atomic mass is 16.5. The average molecular weight is 337 g/mol. The molecule has 25 heavy (non-hydrogen) atoms. The number of hydrogen-bond donors (Lipinski definition) is 1. The number of aromatic amines is 1. The van der Waals surface area contributed by atoms with E-state index in [1.807, 2.05) is 37.4 Å². The van der Waals surface area contributed by atoms with Crippen LogP contribution in [0.25, 0.3) is 22.2 Å². The molecule has 4 rings (SSSR count). The van der Waals surface area contributed by atoms with Crippen LogP contribution in [0.4, 0.5) is 5.82 Å². The van der Waals surface area contributed by atoms with Gasteiger partial charge in [0.05, 0.1) is 12.1 Å². The van der Waals surface area contributed by atoms with Crippen LogP contribution in [0, 0.1) is 0 Å². The van der Waals surface area contributed by atoms with Crippen molar-refractivity contribution in [3.8, 4) is 17.0 Å². The van der Waals surface area contributed by atoms with Gasteiger partial charge in [0.25, 0.3) is 0 Å². The number of anilines is 1. The van der Waals surface area contributed by atoms with Gasteiger partial charge in [-0.15, -0.1) is 0 Å². The smallest absolute Gasteiger partial charge is 0.129 e. The molecule has 130 valence electrons. The number of aromatic nitrogens is 3. The number of benzene rings is 1. The van der Waals surface area contributed by atoms with Gasteiger partial charge in [-0.2, -0.15) is 5.10 Å². The van der Waals surface area contributed by atoms with E-state index in [0.29, 0.717) is 6.61 Å². The maximum Gasteiger partial charge on any atom is 0.129 e. The Morgan fingerprint density at radius 1 is 1.12 bits per heavy atom. The molecular formula is C19H23N5O. The lowest BCUT2D eigenvalue weighted by molar-refractivity contribution is 0.312. The van der Waals surface area contributed by atoms with Crippen LogP contribution in [0.1, 0.15) is 6.92 Å². The van der Waals surface area contributed by atoms with E-state index in [1.165, 1.54) is 0 Å². The zero-order valence-electron chi connectivity index (χ0n) is 14.7. The largest absolute Gasteiger partial charge is 0.494 e. The van der Waals surface area contributed by atoms with E-state index >= 15 is 0 Å². The Hall–Kier alpha value is -2.60. The Labute approximate surface area is 147 Å². The molecule has 1 fully saturated rings. The van der Waals surface area contributed by atoms with Gasteiger partial charge in [-0.1, -0.05) is 0 Å². The molecule has 0 spiro atoms. The summed E-state index contributed by atoms with van der Waals surface area (Å²) < 4.78 is 5.64. The molecule has 0 unspecified atom stereocenters. The third kappa shape index (κ3) is 3.17. The summed E-state index contributed by atoms with van der Waals surface area (Å²) in [7, 11) is 2.16. The van der Waals surface area contributed by atoms with Crippen LogP contribution in [-0.2, 0) is 0 Å². The van der Waals surface area contributed by atoms with Gasteiger partial charge in [0, 0.05) is 43.3 Å². The fourth-order valence-electron chi connectivity index (χ4n) is 3.24. The molecule has 0 amide bonds. The Morgan fingerprint density at radius 2 is 1.96 bits per heavy atom. The number of nitrogens with one attached hydrogen (secondary N) is 1. The van der Waals surface area contributed by atoms with Gasteiger partial charge in [0.15, 0.2) is 0 Å². The number of likely N-dealkylation sites (N-methyl/N-ethyl adjacent to an activating group) is 1. The van der Waals surface area contributed by atoms with Crippen LogP contribution in [0.15, 0.2) is 36.5 Å². The Morgan fingerprint density at radius 3 is 2.76 bits per heavy atom. The highest BCUT2D eigenvalue weighted by Gasteiger charge is 2.17. The summed E-state index contributed by atoms with van der Waals surface area (Å²) in [4.78, 5) is 9.25. The first-order valence-corrected chi connectivity index (χ1v) is 8.75. The summed E-state index contributed by atoms with van der Waals surface area (Å²) in [5.74, 6) is 1.88. The van der Waals surface area contributed by atoms with Gasteiger partial charge >= 0.3 is 0 Å². The topological polar surface area (TPSA) is 57.3 Å². The van der Waals surface area contributed by atoms with Crippen LogP contribution in [-0.4, -0.2) is 59.9 Å². The van der Waals surface area contributed by atoms with Crippen molar-refractivity contribution in [1.29, 1.82) is 0 Å². The quantitative estimate of drug-likeness (QED) is 0.793. The minimum absolute atomic E-state index is 0.654. The third-order valence-electron chi connectivity index (χ3n) is 4.69. The monoisotopic (exact) mass is 337 g/mol. The molecule has 0 aliphatic carbocycles. The summed E-state index contributed by atoms with van der Waals surface area (Å²) in [6.07, 6.45) is 1.87. The molecule has 6 nitrogen and oxygen atoms in total. The predicted octanol–water partition coefficient (Wildman–Crippen LogP) is 2.78. The number of pyridine rings is 1. The van der Waals surface area contributed by atoms with Crippen molar-refractivity contribution in [1.82, 2.24) is 20.1 Å². The number of rotatable bonds is 4. The number of ether oxygens (including phenoxy) is 1. The molecule has 2 aromatic heterocycles. The molecule has 1 aromatic carbocycles. The minimum atomic E-state index is 0.654. The number of piperazine rings is 1. The van der Waals surface area contributed by atoms with Crippen molar-refractivity contribution < 1.29 is 4.74 Å². The second kappa shape index (κ2) is 6.72. The summed E-state index contributed by atoms with van der Waals surface area (Å²) in [6.45, 7) is 6.78. The first-order valence-electron chi connectivity index (χ1n) is 8.75. The minimum Gasteiger partial charge on any atom is -0.494 e. The fraction of sp³-hybridized carbons (Fsp3) is 0.368.